The zero-order valence-electron chi connectivity index (χ0n) is 23.5. The summed E-state index contributed by atoms with van der Waals surface area (Å²) in [5.41, 5.74) is 3.26. The molecule has 0 amide bonds. The van der Waals surface area contributed by atoms with Crippen LogP contribution in [0.4, 0.5) is 4.39 Å². The third-order valence-electron chi connectivity index (χ3n) is 7.15. The quantitative estimate of drug-likeness (QED) is 0.108. The molecule has 1 unspecified atom stereocenters. The number of hydrogen-bond acceptors (Lipinski definition) is 3. The lowest BCUT2D eigenvalue weighted by Crippen LogP contribution is -2.34. The Morgan fingerprint density at radius 1 is 0.789 bits per heavy atom. The topological polar surface area (TPSA) is 39.2 Å². The van der Waals surface area contributed by atoms with Crippen molar-refractivity contribution < 1.29 is 13.9 Å². The van der Waals surface area contributed by atoms with Crippen LogP contribution in [0.3, 0.4) is 0 Å². The van der Waals surface area contributed by atoms with E-state index in [1.54, 1.807) is 12.1 Å². The van der Waals surface area contributed by atoms with Gasteiger partial charge in [0, 0.05) is 11.8 Å². The molecule has 2 aromatic carbocycles. The van der Waals surface area contributed by atoms with Crippen LogP contribution in [0.2, 0.25) is 0 Å². The van der Waals surface area contributed by atoms with Gasteiger partial charge in [-0.05, 0) is 67.5 Å². The molecule has 0 N–H and O–H groups in total. The number of aromatic nitrogens is 1. The fourth-order valence-electron chi connectivity index (χ4n) is 4.68. The van der Waals surface area contributed by atoms with Crippen LogP contribution in [0.5, 0.6) is 5.75 Å². The molecule has 0 aliphatic rings. The van der Waals surface area contributed by atoms with Crippen LogP contribution in [-0.4, -0.2) is 16.6 Å². The van der Waals surface area contributed by atoms with Crippen LogP contribution in [0.25, 0.3) is 22.4 Å². The third-order valence-corrected chi connectivity index (χ3v) is 7.15. The molecule has 4 heteroatoms. The average molecular weight is 518 g/mol. The second-order valence-electron chi connectivity index (χ2n) is 10.5. The van der Waals surface area contributed by atoms with Crippen LogP contribution in [0.1, 0.15) is 97.0 Å². The van der Waals surface area contributed by atoms with E-state index in [0.717, 1.165) is 48.1 Å². The number of alkyl halides is 1. The minimum absolute atomic E-state index is 0.191. The van der Waals surface area contributed by atoms with Gasteiger partial charge < -0.3 is 4.74 Å². The lowest BCUT2D eigenvalue weighted by Gasteiger charge is -2.18. The van der Waals surface area contributed by atoms with Gasteiger partial charge in [0.2, 0.25) is 5.67 Å². The van der Waals surface area contributed by atoms with Crippen molar-refractivity contribution >= 4 is 5.97 Å². The summed E-state index contributed by atoms with van der Waals surface area (Å²) in [6, 6.07) is 19.7. The second kappa shape index (κ2) is 15.4. The molecule has 0 saturated heterocycles. The highest BCUT2D eigenvalue weighted by molar-refractivity contribution is 5.83. The van der Waals surface area contributed by atoms with Crippen molar-refractivity contribution in [2.75, 3.05) is 0 Å². The number of hydrogen-bond donors (Lipinski definition) is 0. The monoisotopic (exact) mass is 517 g/mol. The van der Waals surface area contributed by atoms with Crippen molar-refractivity contribution in [2.24, 2.45) is 0 Å². The maximum Gasteiger partial charge on any atom is 0.348 e. The number of ether oxygens (including phenoxy) is 1. The Balaban J connectivity index is 1.57. The van der Waals surface area contributed by atoms with E-state index in [2.05, 4.69) is 38.1 Å². The summed E-state index contributed by atoms with van der Waals surface area (Å²) in [7, 11) is 0. The van der Waals surface area contributed by atoms with Crippen molar-refractivity contribution in [2.45, 2.75) is 103 Å². The van der Waals surface area contributed by atoms with Gasteiger partial charge in [-0.2, -0.15) is 0 Å². The van der Waals surface area contributed by atoms with Gasteiger partial charge in [-0.1, -0.05) is 108 Å². The van der Waals surface area contributed by atoms with Gasteiger partial charge in [0.25, 0.3) is 0 Å². The number of benzene rings is 2. The first-order valence-corrected chi connectivity index (χ1v) is 14.5. The maximum absolute atomic E-state index is 15.0. The van der Waals surface area contributed by atoms with E-state index in [1.807, 2.05) is 30.5 Å². The molecule has 3 aromatic rings. The summed E-state index contributed by atoms with van der Waals surface area (Å²) < 4.78 is 20.5. The summed E-state index contributed by atoms with van der Waals surface area (Å²) in [4.78, 5) is 17.3. The van der Waals surface area contributed by atoms with E-state index < -0.39 is 11.6 Å². The molecule has 0 spiro atoms. The number of esters is 1. The first-order chi connectivity index (χ1) is 18.4. The van der Waals surface area contributed by atoms with Gasteiger partial charge in [-0.15, -0.1) is 0 Å². The number of pyridine rings is 1. The van der Waals surface area contributed by atoms with Crippen molar-refractivity contribution in [3.63, 3.8) is 0 Å². The summed E-state index contributed by atoms with van der Waals surface area (Å²) in [5.74, 6) is -0.463. The first kappa shape index (κ1) is 29.5. The van der Waals surface area contributed by atoms with Crippen LogP contribution >= 0.6 is 0 Å². The lowest BCUT2D eigenvalue weighted by atomic mass is 9.97. The number of carbonyl (C=O) groups is 1. The third kappa shape index (κ3) is 9.08. The molecule has 3 rings (SSSR count). The fraction of sp³-hybridized carbons (Fsp3) is 0.471. The summed E-state index contributed by atoms with van der Waals surface area (Å²) in [6.45, 7) is 5.74. The Labute approximate surface area is 228 Å². The largest absolute Gasteiger partial charge is 0.424 e. The molecule has 1 aromatic heterocycles. The predicted molar refractivity (Wildman–Crippen MR) is 156 cm³/mol. The molecule has 1 heterocycles. The normalized spacial score (nSPS) is 12.7. The summed E-state index contributed by atoms with van der Waals surface area (Å²) >= 11 is 0. The van der Waals surface area contributed by atoms with E-state index in [1.165, 1.54) is 51.0 Å². The molecular formula is C34H44FNO2. The van der Waals surface area contributed by atoms with Crippen LogP contribution < -0.4 is 4.74 Å². The number of halogens is 1. The maximum atomic E-state index is 15.0. The molecule has 0 fully saturated rings. The number of aryl methyl sites for hydroxylation is 1. The summed E-state index contributed by atoms with van der Waals surface area (Å²) in [5, 5.41) is 0. The second-order valence-corrected chi connectivity index (χ2v) is 10.5. The van der Waals surface area contributed by atoms with Gasteiger partial charge in [-0.3, -0.25) is 4.98 Å². The Hall–Kier alpha value is -3.01. The van der Waals surface area contributed by atoms with E-state index in [-0.39, 0.29) is 6.42 Å². The van der Waals surface area contributed by atoms with Gasteiger partial charge in [-0.25, -0.2) is 9.18 Å². The van der Waals surface area contributed by atoms with Crippen molar-refractivity contribution in [1.82, 2.24) is 4.98 Å². The standard InChI is InChI=1S/C34H44FNO2/c1-4-6-8-9-10-11-12-15-25-34(3,35)33(37)38-29-22-20-28(21-23-29)30-17-13-14-18-31(30)32-24-19-27(26-36-32)16-7-5-2/h13-14,17-24,26H,4-12,15-16,25H2,1-3H3. The smallest absolute Gasteiger partial charge is 0.348 e. The van der Waals surface area contributed by atoms with E-state index in [0.29, 0.717) is 12.2 Å². The molecule has 0 aliphatic carbocycles. The molecule has 3 nitrogen and oxygen atoms in total. The van der Waals surface area contributed by atoms with E-state index >= 15 is 4.39 Å². The number of nitrogens with zero attached hydrogens (tertiary/aromatic N) is 1. The zero-order chi connectivity index (χ0) is 27.2. The van der Waals surface area contributed by atoms with Gasteiger partial charge in [0.05, 0.1) is 5.69 Å². The van der Waals surface area contributed by atoms with Gasteiger partial charge >= 0.3 is 5.97 Å². The Kier molecular flexibility index (Phi) is 12.0. The van der Waals surface area contributed by atoms with Crippen molar-refractivity contribution in [3.8, 4) is 28.1 Å². The van der Waals surface area contributed by atoms with Gasteiger partial charge in [0.1, 0.15) is 5.75 Å². The van der Waals surface area contributed by atoms with Crippen LogP contribution in [-0.2, 0) is 11.2 Å². The fourth-order valence-corrected chi connectivity index (χ4v) is 4.68. The highest BCUT2D eigenvalue weighted by Crippen LogP contribution is 2.32. The Bertz CT molecular complexity index is 1110. The molecule has 38 heavy (non-hydrogen) atoms. The minimum Gasteiger partial charge on any atom is -0.424 e. The molecule has 0 saturated carbocycles. The SMILES string of the molecule is CCCCCCCCCCC(C)(F)C(=O)Oc1ccc(-c2ccccc2-c2ccc(CCCC)cn2)cc1. The predicted octanol–water partition coefficient (Wildman–Crippen LogP) is 9.92. The molecular weight excluding hydrogens is 473 g/mol. The lowest BCUT2D eigenvalue weighted by molar-refractivity contribution is -0.147. The zero-order valence-corrected chi connectivity index (χ0v) is 23.5. The minimum atomic E-state index is -1.98. The molecule has 204 valence electrons. The number of carbonyl (C=O) groups excluding carboxylic acids is 1. The number of rotatable bonds is 16. The Morgan fingerprint density at radius 3 is 2.05 bits per heavy atom. The van der Waals surface area contributed by atoms with Crippen molar-refractivity contribution in [1.29, 1.82) is 0 Å². The van der Waals surface area contributed by atoms with Gasteiger partial charge in [0.15, 0.2) is 0 Å². The highest BCUT2D eigenvalue weighted by atomic mass is 19.1. The van der Waals surface area contributed by atoms with Crippen molar-refractivity contribution in [3.05, 3.63) is 72.4 Å². The molecule has 0 radical (unpaired) electrons. The van der Waals surface area contributed by atoms with Crippen LogP contribution in [0.15, 0.2) is 66.9 Å². The highest BCUT2D eigenvalue weighted by Gasteiger charge is 2.34. The van der Waals surface area contributed by atoms with E-state index in [9.17, 15) is 4.79 Å². The van der Waals surface area contributed by atoms with E-state index in [4.69, 9.17) is 9.72 Å². The molecule has 0 aliphatic heterocycles. The average Bonchev–Trinajstić information content (AvgIpc) is 2.94. The molecule has 0 bridgehead atoms. The number of unbranched alkanes of at least 4 members (excludes halogenated alkanes) is 8. The summed E-state index contributed by atoms with van der Waals surface area (Å²) in [6.07, 6.45) is 14.5. The molecule has 1 atom stereocenters. The Morgan fingerprint density at radius 2 is 1.42 bits per heavy atom. The first-order valence-electron chi connectivity index (χ1n) is 14.5. The van der Waals surface area contributed by atoms with Crippen LogP contribution in [0, 0.1) is 0 Å².